The topological polar surface area (TPSA) is 59.8 Å². The van der Waals surface area contributed by atoms with Gasteiger partial charge in [-0.3, -0.25) is 4.79 Å². The molecule has 5 heteroatoms. The first-order chi connectivity index (χ1) is 8.83. The van der Waals surface area contributed by atoms with Crippen molar-refractivity contribution >= 4 is 5.91 Å². The van der Waals surface area contributed by atoms with Crippen LogP contribution in [-0.4, -0.2) is 20.9 Å². The van der Waals surface area contributed by atoms with Gasteiger partial charge in [-0.25, -0.2) is 4.68 Å². The maximum absolute atomic E-state index is 11.8. The van der Waals surface area contributed by atoms with Crippen molar-refractivity contribution in [1.29, 1.82) is 0 Å². The van der Waals surface area contributed by atoms with Gasteiger partial charge < -0.3 is 5.32 Å². The molecule has 1 saturated carbocycles. The normalized spacial score (nSPS) is 14.4. The lowest BCUT2D eigenvalue weighted by Gasteiger charge is -2.02. The number of hydrogen-bond donors (Lipinski definition) is 1. The average Bonchev–Trinajstić information content (AvgIpc) is 3.16. The Balaban J connectivity index is 1.58. The summed E-state index contributed by atoms with van der Waals surface area (Å²) in [5.41, 5.74) is 1.46. The van der Waals surface area contributed by atoms with Crippen molar-refractivity contribution in [2.24, 2.45) is 0 Å². The zero-order valence-corrected chi connectivity index (χ0v) is 9.91. The number of aromatic nitrogens is 3. The van der Waals surface area contributed by atoms with E-state index < -0.39 is 0 Å². The van der Waals surface area contributed by atoms with Gasteiger partial charge in [0.2, 0.25) is 0 Å². The van der Waals surface area contributed by atoms with Gasteiger partial charge in [0.05, 0.1) is 18.8 Å². The van der Waals surface area contributed by atoms with Crippen molar-refractivity contribution in [3.8, 4) is 0 Å². The van der Waals surface area contributed by atoms with Gasteiger partial charge in [-0.05, 0) is 25.0 Å². The second-order valence-corrected chi connectivity index (χ2v) is 4.47. The number of nitrogens with one attached hydrogen (secondary N) is 1. The molecule has 1 fully saturated rings. The second kappa shape index (κ2) is 4.60. The van der Waals surface area contributed by atoms with Gasteiger partial charge in [0.1, 0.15) is 5.69 Å². The molecule has 0 unspecified atom stereocenters. The molecule has 18 heavy (non-hydrogen) atoms. The molecule has 1 aromatic heterocycles. The number of benzene rings is 1. The van der Waals surface area contributed by atoms with E-state index in [0.29, 0.717) is 18.2 Å². The molecule has 92 valence electrons. The van der Waals surface area contributed by atoms with Crippen LogP contribution in [0.15, 0.2) is 36.5 Å². The van der Waals surface area contributed by atoms with E-state index in [9.17, 15) is 4.79 Å². The fraction of sp³-hybridized carbons (Fsp3) is 0.308. The van der Waals surface area contributed by atoms with Crippen molar-refractivity contribution in [2.45, 2.75) is 25.4 Å². The summed E-state index contributed by atoms with van der Waals surface area (Å²) < 4.78 is 1.88. The number of nitrogens with zero attached hydrogens (tertiary/aromatic N) is 3. The van der Waals surface area contributed by atoms with Crippen LogP contribution in [0.5, 0.6) is 0 Å². The smallest absolute Gasteiger partial charge is 0.251 e. The fourth-order valence-corrected chi connectivity index (χ4v) is 1.77. The van der Waals surface area contributed by atoms with Crippen LogP contribution in [0.25, 0.3) is 0 Å². The first kappa shape index (κ1) is 11.0. The minimum Gasteiger partial charge on any atom is -0.346 e. The highest BCUT2D eigenvalue weighted by Crippen LogP contribution is 2.33. The van der Waals surface area contributed by atoms with E-state index in [2.05, 4.69) is 15.6 Å². The van der Waals surface area contributed by atoms with E-state index in [-0.39, 0.29) is 5.91 Å². The molecular weight excluding hydrogens is 228 g/mol. The van der Waals surface area contributed by atoms with Gasteiger partial charge in [-0.15, -0.1) is 5.10 Å². The maximum atomic E-state index is 11.8. The van der Waals surface area contributed by atoms with E-state index in [0.717, 1.165) is 5.69 Å². The predicted molar refractivity (Wildman–Crippen MR) is 65.9 cm³/mol. The number of carbonyl (C=O) groups is 1. The highest BCUT2D eigenvalue weighted by molar-refractivity contribution is 5.93. The molecule has 1 aliphatic rings. The summed E-state index contributed by atoms with van der Waals surface area (Å²) in [7, 11) is 0. The Bertz CT molecular complexity index is 545. The molecule has 0 bridgehead atoms. The molecule has 5 nitrogen and oxygen atoms in total. The first-order valence-corrected chi connectivity index (χ1v) is 6.07. The van der Waals surface area contributed by atoms with Crippen LogP contribution in [0.2, 0.25) is 0 Å². The fourth-order valence-electron chi connectivity index (χ4n) is 1.77. The summed E-state index contributed by atoms with van der Waals surface area (Å²) in [5, 5.41) is 10.9. The zero-order valence-electron chi connectivity index (χ0n) is 9.91. The summed E-state index contributed by atoms with van der Waals surface area (Å²) in [6.45, 7) is 0.417. The van der Waals surface area contributed by atoms with E-state index in [1.807, 2.05) is 29.1 Å². The molecule has 0 aliphatic heterocycles. The lowest BCUT2D eigenvalue weighted by Crippen LogP contribution is -2.22. The van der Waals surface area contributed by atoms with E-state index in [1.54, 1.807) is 12.1 Å². The monoisotopic (exact) mass is 242 g/mol. The van der Waals surface area contributed by atoms with Gasteiger partial charge in [-0.2, -0.15) is 0 Å². The molecule has 0 saturated heterocycles. The molecule has 3 rings (SSSR count). The average molecular weight is 242 g/mol. The Morgan fingerprint density at radius 3 is 2.83 bits per heavy atom. The lowest BCUT2D eigenvalue weighted by atomic mass is 10.2. The molecule has 1 heterocycles. The third-order valence-corrected chi connectivity index (χ3v) is 2.94. The van der Waals surface area contributed by atoms with Crippen LogP contribution in [0.3, 0.4) is 0 Å². The lowest BCUT2D eigenvalue weighted by molar-refractivity contribution is 0.0950. The van der Waals surface area contributed by atoms with E-state index >= 15 is 0 Å². The van der Waals surface area contributed by atoms with Gasteiger partial charge >= 0.3 is 0 Å². The van der Waals surface area contributed by atoms with Crippen molar-refractivity contribution in [3.63, 3.8) is 0 Å². The third-order valence-electron chi connectivity index (χ3n) is 2.94. The van der Waals surface area contributed by atoms with Crippen LogP contribution >= 0.6 is 0 Å². The second-order valence-electron chi connectivity index (χ2n) is 4.47. The molecule has 0 atom stereocenters. The van der Waals surface area contributed by atoms with Gasteiger partial charge in [-0.1, -0.05) is 23.4 Å². The Hall–Kier alpha value is -2.17. The molecule has 1 amide bonds. The Morgan fingerprint density at radius 1 is 1.33 bits per heavy atom. The molecule has 1 N–H and O–H groups in total. The SMILES string of the molecule is O=C(NCc1cn(C2CC2)nn1)c1ccccc1. The standard InChI is InChI=1S/C13H14N4O/c18-13(10-4-2-1-3-5-10)14-8-11-9-17(16-15-11)12-6-7-12/h1-5,9,12H,6-8H2,(H,14,18). The maximum Gasteiger partial charge on any atom is 0.251 e. The minimum atomic E-state index is -0.0865. The van der Waals surface area contributed by atoms with Gasteiger partial charge in [0.15, 0.2) is 0 Å². The molecule has 1 aliphatic carbocycles. The highest BCUT2D eigenvalue weighted by atomic mass is 16.1. The van der Waals surface area contributed by atoms with Crippen LogP contribution in [0.1, 0.15) is 34.9 Å². The number of rotatable bonds is 4. The third kappa shape index (κ3) is 2.40. The predicted octanol–water partition coefficient (Wildman–Crippen LogP) is 1.54. The molecule has 2 aromatic rings. The van der Waals surface area contributed by atoms with E-state index in [4.69, 9.17) is 0 Å². The molecule has 0 radical (unpaired) electrons. The summed E-state index contributed by atoms with van der Waals surface area (Å²) in [5.74, 6) is -0.0865. The quantitative estimate of drug-likeness (QED) is 0.884. The molecule has 0 spiro atoms. The largest absolute Gasteiger partial charge is 0.346 e. The molecule has 1 aromatic carbocycles. The van der Waals surface area contributed by atoms with E-state index in [1.165, 1.54) is 12.8 Å². The highest BCUT2D eigenvalue weighted by Gasteiger charge is 2.24. The van der Waals surface area contributed by atoms with Gasteiger partial charge in [0, 0.05) is 5.56 Å². The minimum absolute atomic E-state index is 0.0865. The van der Waals surface area contributed by atoms with Crippen molar-refractivity contribution < 1.29 is 4.79 Å². The summed E-state index contributed by atoms with van der Waals surface area (Å²) in [6, 6.07) is 9.68. The van der Waals surface area contributed by atoms with Crippen LogP contribution in [0, 0.1) is 0 Å². The summed E-state index contributed by atoms with van der Waals surface area (Å²) in [4.78, 5) is 11.8. The van der Waals surface area contributed by atoms with Crippen LogP contribution in [0.4, 0.5) is 0 Å². The van der Waals surface area contributed by atoms with Crippen molar-refractivity contribution in [3.05, 3.63) is 47.8 Å². The Labute approximate surface area is 105 Å². The van der Waals surface area contributed by atoms with Crippen LogP contribution in [-0.2, 0) is 6.54 Å². The zero-order chi connectivity index (χ0) is 12.4. The number of hydrogen-bond acceptors (Lipinski definition) is 3. The van der Waals surface area contributed by atoms with Crippen LogP contribution < -0.4 is 5.32 Å². The van der Waals surface area contributed by atoms with Crippen molar-refractivity contribution in [2.75, 3.05) is 0 Å². The first-order valence-electron chi connectivity index (χ1n) is 6.07. The van der Waals surface area contributed by atoms with Crippen molar-refractivity contribution in [1.82, 2.24) is 20.3 Å². The molecular formula is C13H14N4O. The number of amides is 1. The number of carbonyl (C=O) groups excluding carboxylic acids is 1. The summed E-state index contributed by atoms with van der Waals surface area (Å²) >= 11 is 0. The summed E-state index contributed by atoms with van der Waals surface area (Å²) in [6.07, 6.45) is 4.27. The van der Waals surface area contributed by atoms with Gasteiger partial charge in [0.25, 0.3) is 5.91 Å². The Kier molecular flexibility index (Phi) is 2.80. The Morgan fingerprint density at radius 2 is 2.11 bits per heavy atom.